The summed E-state index contributed by atoms with van der Waals surface area (Å²) in [6.45, 7) is 0.721. The maximum absolute atomic E-state index is 12.3. The standard InChI is InChI=1S/C15H17N3O/c1-18-9-8-16-15(18)7-6-14(19)12-10-17-13-5-3-2-4-11(12)13/h2-5,8-9,12,17H,6-7,10H2,1H3. The summed E-state index contributed by atoms with van der Waals surface area (Å²) in [7, 11) is 1.96. The number of aryl methyl sites for hydroxylation is 2. The number of anilines is 1. The van der Waals surface area contributed by atoms with Crippen LogP contribution in [0.5, 0.6) is 0 Å². The van der Waals surface area contributed by atoms with Gasteiger partial charge in [-0.1, -0.05) is 18.2 Å². The van der Waals surface area contributed by atoms with E-state index in [0.29, 0.717) is 18.6 Å². The summed E-state index contributed by atoms with van der Waals surface area (Å²) in [5, 5.41) is 3.29. The molecule has 1 aliphatic rings. The Morgan fingerprint density at radius 3 is 3.11 bits per heavy atom. The first-order valence-corrected chi connectivity index (χ1v) is 6.57. The van der Waals surface area contributed by atoms with Crippen LogP contribution in [0.3, 0.4) is 0 Å². The molecule has 1 aromatic heterocycles. The van der Waals surface area contributed by atoms with Crippen molar-refractivity contribution in [2.75, 3.05) is 11.9 Å². The van der Waals surface area contributed by atoms with Crippen molar-refractivity contribution in [1.29, 1.82) is 0 Å². The summed E-state index contributed by atoms with van der Waals surface area (Å²) >= 11 is 0. The second-order valence-corrected chi connectivity index (χ2v) is 4.94. The topological polar surface area (TPSA) is 46.9 Å². The van der Waals surface area contributed by atoms with E-state index in [1.165, 1.54) is 0 Å². The molecule has 0 saturated carbocycles. The van der Waals surface area contributed by atoms with Gasteiger partial charge in [0.1, 0.15) is 11.6 Å². The molecule has 1 N–H and O–H groups in total. The fourth-order valence-corrected chi connectivity index (χ4v) is 2.62. The molecule has 4 nitrogen and oxygen atoms in total. The van der Waals surface area contributed by atoms with Gasteiger partial charge in [0, 0.05) is 44.5 Å². The highest BCUT2D eigenvalue weighted by atomic mass is 16.1. The van der Waals surface area contributed by atoms with Crippen LogP contribution < -0.4 is 5.32 Å². The third-order valence-electron chi connectivity index (χ3n) is 3.74. The van der Waals surface area contributed by atoms with Gasteiger partial charge in [-0.3, -0.25) is 4.79 Å². The maximum Gasteiger partial charge on any atom is 0.142 e. The predicted molar refractivity (Wildman–Crippen MR) is 74.2 cm³/mol. The van der Waals surface area contributed by atoms with Crippen LogP contribution in [0.2, 0.25) is 0 Å². The zero-order valence-corrected chi connectivity index (χ0v) is 11.0. The zero-order chi connectivity index (χ0) is 13.2. The van der Waals surface area contributed by atoms with E-state index in [2.05, 4.69) is 10.3 Å². The molecule has 19 heavy (non-hydrogen) atoms. The van der Waals surface area contributed by atoms with Gasteiger partial charge < -0.3 is 9.88 Å². The van der Waals surface area contributed by atoms with Gasteiger partial charge in [-0.05, 0) is 11.6 Å². The van der Waals surface area contributed by atoms with Crippen molar-refractivity contribution in [2.45, 2.75) is 18.8 Å². The van der Waals surface area contributed by atoms with Crippen molar-refractivity contribution in [3.8, 4) is 0 Å². The molecule has 1 aliphatic heterocycles. The number of carbonyl (C=O) groups excluding carboxylic acids is 1. The largest absolute Gasteiger partial charge is 0.384 e. The first-order chi connectivity index (χ1) is 9.25. The second-order valence-electron chi connectivity index (χ2n) is 4.94. The van der Waals surface area contributed by atoms with Crippen LogP contribution in [0.15, 0.2) is 36.7 Å². The van der Waals surface area contributed by atoms with E-state index in [9.17, 15) is 4.79 Å². The second kappa shape index (κ2) is 4.88. The summed E-state index contributed by atoms with van der Waals surface area (Å²) in [5.74, 6) is 1.25. The number of rotatable bonds is 4. The molecule has 0 spiro atoms. The lowest BCUT2D eigenvalue weighted by Crippen LogP contribution is -2.16. The SMILES string of the molecule is Cn1ccnc1CCC(=O)C1CNc2ccccc21. The number of aromatic nitrogens is 2. The van der Waals surface area contributed by atoms with Crippen LogP contribution in [0.4, 0.5) is 5.69 Å². The van der Waals surface area contributed by atoms with E-state index in [0.717, 1.165) is 23.6 Å². The smallest absolute Gasteiger partial charge is 0.142 e. The van der Waals surface area contributed by atoms with Gasteiger partial charge in [-0.2, -0.15) is 0 Å². The predicted octanol–water partition coefficient (Wildman–Crippen LogP) is 2.13. The highest BCUT2D eigenvalue weighted by Gasteiger charge is 2.27. The van der Waals surface area contributed by atoms with Gasteiger partial charge in [0.25, 0.3) is 0 Å². The summed E-state index contributed by atoms with van der Waals surface area (Å²) < 4.78 is 1.97. The fraction of sp³-hybridized carbons (Fsp3) is 0.333. The minimum absolute atomic E-state index is 0.00327. The zero-order valence-electron chi connectivity index (χ0n) is 11.0. The minimum Gasteiger partial charge on any atom is -0.384 e. The van der Waals surface area contributed by atoms with Gasteiger partial charge in [-0.25, -0.2) is 4.98 Å². The molecule has 3 rings (SSSR count). The van der Waals surface area contributed by atoms with E-state index < -0.39 is 0 Å². The molecule has 0 amide bonds. The molecule has 1 atom stereocenters. The summed E-state index contributed by atoms with van der Waals surface area (Å²) in [5.41, 5.74) is 2.23. The quantitative estimate of drug-likeness (QED) is 0.910. The molecule has 98 valence electrons. The number of benzene rings is 1. The van der Waals surface area contributed by atoms with E-state index in [4.69, 9.17) is 0 Å². The third-order valence-corrected chi connectivity index (χ3v) is 3.74. The monoisotopic (exact) mass is 255 g/mol. The Bertz CT molecular complexity index is 603. The van der Waals surface area contributed by atoms with Crippen LogP contribution in [0.1, 0.15) is 23.7 Å². The number of ketones is 1. The van der Waals surface area contributed by atoms with Gasteiger partial charge in [0.05, 0.1) is 5.92 Å². The third kappa shape index (κ3) is 2.26. The average Bonchev–Trinajstić information content (AvgIpc) is 3.02. The normalized spacial score (nSPS) is 17.0. The highest BCUT2D eigenvalue weighted by molar-refractivity contribution is 5.89. The summed E-state index contributed by atoms with van der Waals surface area (Å²) in [4.78, 5) is 16.6. The van der Waals surface area contributed by atoms with Crippen LogP contribution in [0, 0.1) is 0 Å². The van der Waals surface area contributed by atoms with Crippen LogP contribution in [-0.2, 0) is 18.3 Å². The van der Waals surface area contributed by atoms with Crippen LogP contribution in [-0.4, -0.2) is 21.9 Å². The van der Waals surface area contributed by atoms with E-state index in [1.54, 1.807) is 6.20 Å². The lowest BCUT2D eigenvalue weighted by Gasteiger charge is -2.09. The molecule has 0 radical (unpaired) electrons. The Kier molecular flexibility index (Phi) is 3.07. The number of para-hydroxylation sites is 1. The number of Topliss-reactive ketones (excluding diaryl/α,β-unsaturated/α-hetero) is 1. The minimum atomic E-state index is -0.00327. The van der Waals surface area contributed by atoms with Crippen molar-refractivity contribution in [3.63, 3.8) is 0 Å². The molecule has 4 heteroatoms. The molecule has 0 aliphatic carbocycles. The number of nitrogens with one attached hydrogen (secondary N) is 1. The number of imidazole rings is 1. The molecule has 1 aromatic carbocycles. The first kappa shape index (κ1) is 12.0. The van der Waals surface area contributed by atoms with Crippen molar-refractivity contribution < 1.29 is 4.79 Å². The van der Waals surface area contributed by atoms with Crippen molar-refractivity contribution >= 4 is 11.5 Å². The van der Waals surface area contributed by atoms with Crippen molar-refractivity contribution in [1.82, 2.24) is 9.55 Å². The lowest BCUT2D eigenvalue weighted by atomic mass is 9.94. The molecule has 2 aromatic rings. The van der Waals surface area contributed by atoms with E-state index in [-0.39, 0.29) is 5.92 Å². The first-order valence-electron chi connectivity index (χ1n) is 6.57. The van der Waals surface area contributed by atoms with E-state index in [1.807, 2.05) is 42.1 Å². The molecule has 2 heterocycles. The summed E-state index contributed by atoms with van der Waals surface area (Å²) in [6.07, 6.45) is 4.94. The van der Waals surface area contributed by atoms with Gasteiger partial charge in [0.15, 0.2) is 0 Å². The lowest BCUT2D eigenvalue weighted by molar-refractivity contribution is -0.120. The molecular formula is C15H17N3O. The van der Waals surface area contributed by atoms with E-state index >= 15 is 0 Å². The molecule has 0 fully saturated rings. The Morgan fingerprint density at radius 2 is 2.32 bits per heavy atom. The van der Waals surface area contributed by atoms with Gasteiger partial charge in [0.2, 0.25) is 0 Å². The Hall–Kier alpha value is -2.10. The molecule has 0 saturated heterocycles. The molecule has 0 bridgehead atoms. The van der Waals surface area contributed by atoms with Gasteiger partial charge in [-0.15, -0.1) is 0 Å². The number of nitrogens with zero attached hydrogens (tertiary/aromatic N) is 2. The van der Waals surface area contributed by atoms with Crippen LogP contribution in [0.25, 0.3) is 0 Å². The highest BCUT2D eigenvalue weighted by Crippen LogP contribution is 2.32. The van der Waals surface area contributed by atoms with Crippen molar-refractivity contribution in [2.24, 2.45) is 7.05 Å². The maximum atomic E-state index is 12.3. The summed E-state index contributed by atoms with van der Waals surface area (Å²) in [6, 6.07) is 8.05. The number of carbonyl (C=O) groups is 1. The van der Waals surface area contributed by atoms with Crippen LogP contribution >= 0.6 is 0 Å². The average molecular weight is 255 g/mol. The van der Waals surface area contributed by atoms with Crippen molar-refractivity contribution in [3.05, 3.63) is 48.0 Å². The number of hydrogen-bond acceptors (Lipinski definition) is 3. The Morgan fingerprint density at radius 1 is 1.47 bits per heavy atom. The Labute approximate surface area is 112 Å². The Balaban J connectivity index is 1.68. The number of fused-ring (bicyclic) bond motifs is 1. The molecular weight excluding hydrogens is 238 g/mol. The van der Waals surface area contributed by atoms with Gasteiger partial charge >= 0.3 is 0 Å². The fourth-order valence-electron chi connectivity index (χ4n) is 2.62. The molecule has 1 unspecified atom stereocenters. The number of hydrogen-bond donors (Lipinski definition) is 1.